The molecule has 12 heteroatoms. The summed E-state index contributed by atoms with van der Waals surface area (Å²) in [6, 6.07) is 22.2. The number of hydrogen-bond donors (Lipinski definition) is 3. The molecule has 3 heterocycles. The third-order valence-corrected chi connectivity index (χ3v) is 9.15. The van der Waals surface area contributed by atoms with E-state index < -0.39 is 10.0 Å². The quantitative estimate of drug-likeness (QED) is 0.213. The van der Waals surface area contributed by atoms with Crippen molar-refractivity contribution in [1.82, 2.24) is 18.8 Å². The number of amides is 2. The van der Waals surface area contributed by atoms with E-state index in [-0.39, 0.29) is 22.0 Å². The number of benzene rings is 3. The van der Waals surface area contributed by atoms with E-state index in [9.17, 15) is 13.2 Å². The van der Waals surface area contributed by atoms with Gasteiger partial charge in [-0.15, -0.1) is 0 Å². The lowest BCUT2D eigenvalue weighted by Gasteiger charge is -2.33. The van der Waals surface area contributed by atoms with Crippen molar-refractivity contribution in [3.63, 3.8) is 0 Å². The number of aromatic nitrogens is 3. The summed E-state index contributed by atoms with van der Waals surface area (Å²) in [6.07, 6.45) is 4.67. The summed E-state index contributed by atoms with van der Waals surface area (Å²) in [7, 11) is -3.87. The Morgan fingerprint density at radius 3 is 2.52 bits per heavy atom. The average Bonchev–Trinajstić information content (AvgIpc) is 3.40. The number of hydrogen-bond acceptors (Lipinski definition) is 7. The molecule has 0 aliphatic carbocycles. The van der Waals surface area contributed by atoms with Crippen molar-refractivity contribution >= 4 is 55.9 Å². The molecular weight excluding hydrogens is 574 g/mol. The van der Waals surface area contributed by atoms with Crippen LogP contribution in [0.2, 0.25) is 5.02 Å². The molecule has 2 aromatic heterocycles. The standard InChI is InChI=1S/C30H28ClN7O3S/c31-26-17-33-29(34-22-7-6-16-37(18-22)30(39)35-21-14-12-20(32)13-15-21)36-28(26)25-19-38(27-11-5-4-10-24(25)27)42(40,41)23-8-2-1-3-9-23/h1-5,8-15,17,19,22H,6-7,16,18,32H2,(H,35,39)(H,33,34,36). The molecule has 0 spiro atoms. The van der Waals surface area contributed by atoms with E-state index in [1.165, 1.54) is 10.2 Å². The highest BCUT2D eigenvalue weighted by Crippen LogP contribution is 2.36. The van der Waals surface area contributed by atoms with Crippen LogP contribution in [0, 0.1) is 0 Å². The number of nitrogens with two attached hydrogens (primary N) is 1. The summed E-state index contributed by atoms with van der Waals surface area (Å²) in [5.74, 6) is 0.336. The topological polar surface area (TPSA) is 135 Å². The molecule has 1 aliphatic rings. The van der Waals surface area contributed by atoms with Crippen LogP contribution in [0.5, 0.6) is 0 Å². The molecule has 1 unspecified atom stereocenters. The molecule has 0 radical (unpaired) electrons. The van der Waals surface area contributed by atoms with Gasteiger partial charge in [-0.05, 0) is 55.3 Å². The van der Waals surface area contributed by atoms with E-state index >= 15 is 0 Å². The van der Waals surface area contributed by atoms with Gasteiger partial charge in [0.1, 0.15) is 0 Å². The number of nitrogen functional groups attached to an aromatic ring is 1. The Morgan fingerprint density at radius 1 is 1.00 bits per heavy atom. The lowest BCUT2D eigenvalue weighted by molar-refractivity contribution is 0.196. The minimum atomic E-state index is -3.87. The predicted octanol–water partition coefficient (Wildman–Crippen LogP) is 5.68. The predicted molar refractivity (Wildman–Crippen MR) is 165 cm³/mol. The number of carbonyl (C=O) groups is 1. The van der Waals surface area contributed by atoms with E-state index in [0.717, 1.165) is 12.8 Å². The lowest BCUT2D eigenvalue weighted by atomic mass is 10.1. The number of anilines is 3. The molecule has 10 nitrogen and oxygen atoms in total. The molecule has 0 saturated carbocycles. The molecule has 214 valence electrons. The number of urea groups is 1. The number of carbonyl (C=O) groups excluding carboxylic acids is 1. The van der Waals surface area contributed by atoms with Gasteiger partial charge in [0.15, 0.2) is 0 Å². The van der Waals surface area contributed by atoms with Gasteiger partial charge in [-0.2, -0.15) is 0 Å². The highest BCUT2D eigenvalue weighted by Gasteiger charge is 2.26. The third-order valence-electron chi connectivity index (χ3n) is 7.18. The fraction of sp³-hybridized carbons (Fsp3) is 0.167. The van der Waals surface area contributed by atoms with E-state index in [1.807, 2.05) is 12.1 Å². The molecule has 5 aromatic rings. The van der Waals surface area contributed by atoms with Crippen LogP contribution in [-0.4, -0.2) is 52.4 Å². The van der Waals surface area contributed by atoms with Gasteiger partial charge in [0.2, 0.25) is 5.95 Å². The third kappa shape index (κ3) is 5.48. The van der Waals surface area contributed by atoms with Crippen LogP contribution in [-0.2, 0) is 10.0 Å². The zero-order chi connectivity index (χ0) is 29.3. The molecule has 1 saturated heterocycles. The van der Waals surface area contributed by atoms with Gasteiger partial charge < -0.3 is 21.3 Å². The van der Waals surface area contributed by atoms with Crippen LogP contribution in [0.15, 0.2) is 96.2 Å². The number of piperidine rings is 1. The van der Waals surface area contributed by atoms with Crippen LogP contribution in [0.3, 0.4) is 0 Å². The molecule has 2 amide bonds. The van der Waals surface area contributed by atoms with Crippen molar-refractivity contribution in [1.29, 1.82) is 0 Å². The Balaban J connectivity index is 1.26. The van der Waals surface area contributed by atoms with Crippen molar-refractivity contribution < 1.29 is 13.2 Å². The van der Waals surface area contributed by atoms with Crippen molar-refractivity contribution in [3.05, 3.63) is 96.3 Å². The average molecular weight is 602 g/mol. The molecule has 6 rings (SSSR count). The van der Waals surface area contributed by atoms with Crippen LogP contribution in [0.25, 0.3) is 22.2 Å². The fourth-order valence-electron chi connectivity index (χ4n) is 5.10. The zero-order valence-electron chi connectivity index (χ0n) is 22.4. The zero-order valence-corrected chi connectivity index (χ0v) is 24.0. The van der Waals surface area contributed by atoms with Crippen LogP contribution in [0.1, 0.15) is 12.8 Å². The smallest absolute Gasteiger partial charge is 0.321 e. The van der Waals surface area contributed by atoms with Gasteiger partial charge in [0.25, 0.3) is 10.0 Å². The molecule has 4 N–H and O–H groups in total. The van der Waals surface area contributed by atoms with E-state index in [0.29, 0.717) is 52.6 Å². The van der Waals surface area contributed by atoms with Gasteiger partial charge in [0, 0.05) is 47.7 Å². The molecule has 42 heavy (non-hydrogen) atoms. The second kappa shape index (κ2) is 11.3. The van der Waals surface area contributed by atoms with E-state index in [2.05, 4.69) is 15.6 Å². The monoisotopic (exact) mass is 601 g/mol. The summed E-state index contributed by atoms with van der Waals surface area (Å²) in [5.41, 5.74) is 8.51. The normalized spacial score (nSPS) is 15.5. The first kappa shape index (κ1) is 27.6. The van der Waals surface area contributed by atoms with Gasteiger partial charge in [-0.3, -0.25) is 0 Å². The van der Waals surface area contributed by atoms with Crippen molar-refractivity contribution in [2.45, 2.75) is 23.8 Å². The van der Waals surface area contributed by atoms with Crippen LogP contribution in [0.4, 0.5) is 22.1 Å². The summed E-state index contributed by atoms with van der Waals surface area (Å²) in [4.78, 5) is 23.9. The summed E-state index contributed by atoms with van der Waals surface area (Å²) < 4.78 is 28.4. The van der Waals surface area contributed by atoms with E-state index in [4.69, 9.17) is 22.3 Å². The number of rotatable bonds is 6. The summed E-state index contributed by atoms with van der Waals surface area (Å²) in [6.45, 7) is 1.08. The largest absolute Gasteiger partial charge is 0.399 e. The SMILES string of the molecule is Nc1ccc(NC(=O)N2CCCC(Nc3ncc(Cl)c(-c4cn(S(=O)(=O)c5ccccc5)c5ccccc45)n3)C2)cc1. The Hall–Kier alpha value is -4.61. The number of halogens is 1. The Kier molecular flexibility index (Phi) is 7.44. The first-order chi connectivity index (χ1) is 20.3. The Bertz CT molecular complexity index is 1860. The molecule has 1 atom stereocenters. The summed E-state index contributed by atoms with van der Waals surface area (Å²) >= 11 is 6.59. The number of para-hydroxylation sites is 1. The molecule has 1 fully saturated rings. The number of nitrogens with zero attached hydrogens (tertiary/aromatic N) is 4. The van der Waals surface area contributed by atoms with Gasteiger partial charge in [-0.1, -0.05) is 48.0 Å². The minimum Gasteiger partial charge on any atom is -0.399 e. The highest BCUT2D eigenvalue weighted by molar-refractivity contribution is 7.90. The molecular formula is C30H28ClN7O3S. The van der Waals surface area contributed by atoms with Crippen LogP contribution >= 0.6 is 11.6 Å². The van der Waals surface area contributed by atoms with Crippen LogP contribution < -0.4 is 16.4 Å². The van der Waals surface area contributed by atoms with Gasteiger partial charge >= 0.3 is 6.03 Å². The van der Waals surface area contributed by atoms with Crippen molar-refractivity contribution in [2.75, 3.05) is 29.5 Å². The van der Waals surface area contributed by atoms with Gasteiger partial charge in [-0.25, -0.2) is 27.2 Å². The molecule has 1 aliphatic heterocycles. The first-order valence-electron chi connectivity index (χ1n) is 13.4. The van der Waals surface area contributed by atoms with E-state index in [1.54, 1.807) is 77.8 Å². The fourth-order valence-corrected chi connectivity index (χ4v) is 6.68. The van der Waals surface area contributed by atoms with Gasteiger partial charge in [0.05, 0.1) is 27.3 Å². The first-order valence-corrected chi connectivity index (χ1v) is 15.2. The lowest BCUT2D eigenvalue weighted by Crippen LogP contribution is -2.47. The molecule has 0 bridgehead atoms. The second-order valence-electron chi connectivity index (χ2n) is 10.0. The maximum absolute atomic E-state index is 13.6. The number of fused-ring (bicyclic) bond motifs is 1. The maximum Gasteiger partial charge on any atom is 0.321 e. The minimum absolute atomic E-state index is 0.0928. The van der Waals surface area contributed by atoms with Crippen molar-refractivity contribution in [2.24, 2.45) is 0 Å². The molecule has 3 aromatic carbocycles. The Labute approximate surface area is 248 Å². The number of likely N-dealkylation sites (tertiary alicyclic amines) is 1. The maximum atomic E-state index is 13.6. The Morgan fingerprint density at radius 2 is 1.74 bits per heavy atom. The van der Waals surface area contributed by atoms with Crippen molar-refractivity contribution in [3.8, 4) is 11.3 Å². The summed E-state index contributed by atoms with van der Waals surface area (Å²) in [5, 5.41) is 7.22. The highest BCUT2D eigenvalue weighted by atomic mass is 35.5. The second-order valence-corrected chi connectivity index (χ2v) is 12.3. The number of nitrogens with one attached hydrogen (secondary N) is 2.